The van der Waals surface area contributed by atoms with Crippen LogP contribution in [0, 0.1) is 0 Å². The Balaban J connectivity index is 0. The summed E-state index contributed by atoms with van der Waals surface area (Å²) >= 11 is 1.91. The molecule has 0 amide bonds. The second-order valence-corrected chi connectivity index (χ2v) is 7.43. The lowest BCUT2D eigenvalue weighted by Crippen LogP contribution is -2.08. The maximum atomic E-state index is 3.36. The molecule has 1 unspecified atom stereocenters. The van der Waals surface area contributed by atoms with Crippen LogP contribution in [0.1, 0.15) is 104 Å². The zero-order valence-electron chi connectivity index (χ0n) is 14.8. The molecule has 0 heterocycles. The SMILES string of the molecule is CCCCCCCCCCCCCCC(C)SNCC.Cl. The average Bonchev–Trinajstić information content (AvgIpc) is 2.46. The molecule has 0 aliphatic carbocycles. The highest BCUT2D eigenvalue weighted by Crippen LogP contribution is 2.16. The van der Waals surface area contributed by atoms with Crippen LogP contribution in [0.25, 0.3) is 0 Å². The molecule has 1 atom stereocenters. The lowest BCUT2D eigenvalue weighted by molar-refractivity contribution is 0.539. The van der Waals surface area contributed by atoms with Crippen molar-refractivity contribution in [2.45, 2.75) is 109 Å². The molecule has 1 nitrogen and oxygen atoms in total. The first-order valence-corrected chi connectivity index (χ1v) is 10.1. The minimum absolute atomic E-state index is 0. The van der Waals surface area contributed by atoms with Gasteiger partial charge in [0.15, 0.2) is 0 Å². The smallest absolute Gasteiger partial charge is 0.0164 e. The van der Waals surface area contributed by atoms with Gasteiger partial charge in [-0.3, -0.25) is 4.72 Å². The second kappa shape index (κ2) is 20.6. The maximum Gasteiger partial charge on any atom is 0.0164 e. The van der Waals surface area contributed by atoms with Crippen LogP contribution in [-0.4, -0.2) is 11.8 Å². The van der Waals surface area contributed by atoms with E-state index in [1.54, 1.807) is 0 Å². The molecule has 3 heteroatoms. The normalized spacial score (nSPS) is 12.1. The van der Waals surface area contributed by atoms with Crippen LogP contribution < -0.4 is 4.72 Å². The predicted molar refractivity (Wildman–Crippen MR) is 104 cm³/mol. The molecule has 0 aromatic carbocycles. The fraction of sp³-hybridized carbons (Fsp3) is 1.00. The van der Waals surface area contributed by atoms with Crippen LogP contribution >= 0.6 is 24.4 Å². The molecule has 0 fully saturated rings. The quantitative estimate of drug-likeness (QED) is 0.237. The summed E-state index contributed by atoms with van der Waals surface area (Å²) < 4.78 is 3.36. The van der Waals surface area contributed by atoms with Crippen molar-refractivity contribution in [2.75, 3.05) is 6.54 Å². The number of halogens is 1. The zero-order chi connectivity index (χ0) is 14.9. The van der Waals surface area contributed by atoms with Crippen LogP contribution in [0.2, 0.25) is 0 Å². The molecule has 0 aliphatic rings. The van der Waals surface area contributed by atoms with Gasteiger partial charge in [-0.1, -0.05) is 110 Å². The van der Waals surface area contributed by atoms with E-state index in [0.717, 1.165) is 11.8 Å². The van der Waals surface area contributed by atoms with Crippen molar-refractivity contribution in [1.82, 2.24) is 4.72 Å². The highest BCUT2D eigenvalue weighted by atomic mass is 35.5. The monoisotopic (exact) mass is 337 g/mol. The first-order valence-electron chi connectivity index (χ1n) is 9.19. The summed E-state index contributed by atoms with van der Waals surface area (Å²) in [5.41, 5.74) is 0. The highest BCUT2D eigenvalue weighted by Gasteiger charge is 2.01. The molecular weight excluding hydrogens is 298 g/mol. The van der Waals surface area contributed by atoms with Gasteiger partial charge in [-0.05, 0) is 6.42 Å². The highest BCUT2D eigenvalue weighted by molar-refractivity contribution is 7.98. The first-order chi connectivity index (χ1) is 9.81. The van der Waals surface area contributed by atoms with Gasteiger partial charge in [0.05, 0.1) is 0 Å². The van der Waals surface area contributed by atoms with Crippen LogP contribution in [0.15, 0.2) is 0 Å². The van der Waals surface area contributed by atoms with Gasteiger partial charge in [0.2, 0.25) is 0 Å². The van der Waals surface area contributed by atoms with Gasteiger partial charge in [-0.25, -0.2) is 0 Å². The van der Waals surface area contributed by atoms with Crippen molar-refractivity contribution in [3.05, 3.63) is 0 Å². The number of nitrogens with one attached hydrogen (secondary N) is 1. The van der Waals surface area contributed by atoms with Crippen LogP contribution in [0.5, 0.6) is 0 Å². The summed E-state index contributed by atoms with van der Waals surface area (Å²) in [6.45, 7) is 7.88. The molecule has 1 N–H and O–H groups in total. The van der Waals surface area contributed by atoms with Crippen LogP contribution in [0.3, 0.4) is 0 Å². The summed E-state index contributed by atoms with van der Waals surface area (Å²) in [5.74, 6) is 0. The van der Waals surface area contributed by atoms with E-state index in [4.69, 9.17) is 0 Å². The molecule has 0 aliphatic heterocycles. The van der Waals surface area contributed by atoms with Gasteiger partial charge < -0.3 is 0 Å². The van der Waals surface area contributed by atoms with E-state index in [1.165, 1.54) is 83.5 Å². The molecule has 0 saturated heterocycles. The minimum Gasteiger partial charge on any atom is -0.264 e. The standard InChI is InChI=1S/C18H39NS.ClH/c1-4-6-7-8-9-10-11-12-13-14-15-16-17-18(3)20-19-5-2;/h18-19H,4-17H2,1-3H3;1H. The lowest BCUT2D eigenvalue weighted by atomic mass is 10.0. The van der Waals surface area contributed by atoms with Crippen molar-refractivity contribution < 1.29 is 0 Å². The van der Waals surface area contributed by atoms with E-state index in [1.807, 2.05) is 11.9 Å². The molecule has 0 radical (unpaired) electrons. The van der Waals surface area contributed by atoms with E-state index < -0.39 is 0 Å². The molecule has 0 saturated carbocycles. The van der Waals surface area contributed by atoms with Gasteiger partial charge in [0.1, 0.15) is 0 Å². The van der Waals surface area contributed by atoms with E-state index >= 15 is 0 Å². The Morgan fingerprint density at radius 3 is 1.57 bits per heavy atom. The summed E-state index contributed by atoms with van der Waals surface area (Å²) in [4.78, 5) is 0. The first kappa shape index (κ1) is 23.9. The molecule has 0 aromatic rings. The maximum absolute atomic E-state index is 3.36. The van der Waals surface area contributed by atoms with E-state index in [9.17, 15) is 0 Å². The summed E-state index contributed by atoms with van der Waals surface area (Å²) in [7, 11) is 0. The van der Waals surface area contributed by atoms with Gasteiger partial charge in [-0.15, -0.1) is 12.4 Å². The largest absolute Gasteiger partial charge is 0.264 e. The van der Waals surface area contributed by atoms with E-state index in [2.05, 4.69) is 25.5 Å². The molecule has 0 aromatic heterocycles. The fourth-order valence-electron chi connectivity index (χ4n) is 2.56. The van der Waals surface area contributed by atoms with Gasteiger partial charge in [-0.2, -0.15) is 0 Å². The third-order valence-corrected chi connectivity index (χ3v) is 4.99. The number of rotatable bonds is 16. The third-order valence-electron chi connectivity index (χ3n) is 3.89. The van der Waals surface area contributed by atoms with Crippen LogP contribution in [0.4, 0.5) is 0 Å². The Morgan fingerprint density at radius 1 is 0.714 bits per heavy atom. The summed E-state index contributed by atoms with van der Waals surface area (Å²) in [5, 5.41) is 0.776. The number of hydrogen-bond acceptors (Lipinski definition) is 2. The molecule has 0 bridgehead atoms. The Labute approximate surface area is 145 Å². The number of unbranched alkanes of at least 4 members (excludes halogenated alkanes) is 11. The minimum atomic E-state index is 0. The second-order valence-electron chi connectivity index (χ2n) is 6.10. The summed E-state index contributed by atoms with van der Waals surface area (Å²) in [6, 6.07) is 0. The van der Waals surface area contributed by atoms with Crippen molar-refractivity contribution >= 4 is 24.4 Å². The molecular formula is C18H40ClNS. The molecule has 0 spiro atoms. The fourth-order valence-corrected chi connectivity index (χ4v) is 3.29. The Hall–Kier alpha value is 0.600. The lowest BCUT2D eigenvalue weighted by Gasteiger charge is -2.10. The topological polar surface area (TPSA) is 12.0 Å². The number of hydrogen-bond donors (Lipinski definition) is 1. The van der Waals surface area contributed by atoms with E-state index in [-0.39, 0.29) is 12.4 Å². The zero-order valence-corrected chi connectivity index (χ0v) is 16.4. The van der Waals surface area contributed by atoms with Crippen LogP contribution in [-0.2, 0) is 0 Å². The van der Waals surface area contributed by atoms with Gasteiger partial charge >= 0.3 is 0 Å². The third kappa shape index (κ3) is 20.6. The predicted octanol–water partition coefficient (Wildman–Crippen LogP) is 7.15. The average molecular weight is 338 g/mol. The van der Waals surface area contributed by atoms with Crippen molar-refractivity contribution in [1.29, 1.82) is 0 Å². The van der Waals surface area contributed by atoms with Crippen molar-refractivity contribution in [3.8, 4) is 0 Å². The van der Waals surface area contributed by atoms with Gasteiger partial charge in [0, 0.05) is 11.8 Å². The Kier molecular flexibility index (Phi) is 23.4. The van der Waals surface area contributed by atoms with Crippen molar-refractivity contribution in [3.63, 3.8) is 0 Å². The van der Waals surface area contributed by atoms with Gasteiger partial charge in [0.25, 0.3) is 0 Å². The molecule has 21 heavy (non-hydrogen) atoms. The Morgan fingerprint density at radius 2 is 1.14 bits per heavy atom. The Bertz CT molecular complexity index is 179. The molecule has 130 valence electrons. The van der Waals surface area contributed by atoms with E-state index in [0.29, 0.717) is 0 Å². The summed E-state index contributed by atoms with van der Waals surface area (Å²) in [6.07, 6.45) is 18.7. The van der Waals surface area contributed by atoms with Crippen molar-refractivity contribution in [2.24, 2.45) is 0 Å². The molecule has 0 rings (SSSR count).